The second-order valence-electron chi connectivity index (χ2n) is 5.47. The highest BCUT2D eigenvalue weighted by atomic mass is 16.6. The fraction of sp³-hybridized carbons (Fsp3) is 0.600. The molecule has 0 bridgehead atoms. The summed E-state index contributed by atoms with van der Waals surface area (Å²) in [5, 5.41) is 14.6. The normalized spacial score (nSPS) is 21.0. The second-order valence-corrected chi connectivity index (χ2v) is 5.47. The zero-order chi connectivity index (χ0) is 15.4. The fourth-order valence-corrected chi connectivity index (χ4v) is 2.45. The summed E-state index contributed by atoms with van der Waals surface area (Å²) in [6.07, 6.45) is 1.91. The Labute approximate surface area is 124 Å². The Morgan fingerprint density at radius 2 is 2.14 bits per heavy atom. The Hall–Kier alpha value is -1.82. The van der Waals surface area contributed by atoms with E-state index in [4.69, 9.17) is 9.47 Å². The van der Waals surface area contributed by atoms with E-state index in [1.54, 1.807) is 18.2 Å². The third kappa shape index (κ3) is 3.85. The molecule has 0 aliphatic heterocycles. The average molecular weight is 294 g/mol. The quantitative estimate of drug-likeness (QED) is 0.616. The molecule has 21 heavy (non-hydrogen) atoms. The van der Waals surface area contributed by atoms with Crippen molar-refractivity contribution in [1.82, 2.24) is 0 Å². The van der Waals surface area contributed by atoms with Crippen LogP contribution in [0, 0.1) is 10.1 Å². The van der Waals surface area contributed by atoms with E-state index < -0.39 is 4.92 Å². The molecule has 1 aliphatic rings. The molecular weight excluding hydrogens is 272 g/mol. The maximum absolute atomic E-state index is 11.3. The van der Waals surface area contributed by atoms with Crippen LogP contribution in [0.3, 0.4) is 0 Å². The summed E-state index contributed by atoms with van der Waals surface area (Å²) in [6.45, 7) is 6.37. The molecular formula is C15H22N2O4. The molecule has 1 aliphatic carbocycles. The van der Waals surface area contributed by atoms with Crippen molar-refractivity contribution in [2.45, 2.75) is 51.9 Å². The van der Waals surface area contributed by atoms with Crippen LogP contribution in [0.15, 0.2) is 18.2 Å². The summed E-state index contributed by atoms with van der Waals surface area (Å²) in [5.74, 6) is 0.306. The summed E-state index contributed by atoms with van der Waals surface area (Å²) >= 11 is 0. The number of nitro groups is 1. The number of nitro benzene ring substituents is 1. The average Bonchev–Trinajstić information content (AvgIpc) is 2.35. The van der Waals surface area contributed by atoms with E-state index in [1.165, 1.54) is 0 Å². The molecule has 1 aromatic carbocycles. The van der Waals surface area contributed by atoms with Gasteiger partial charge in [0.15, 0.2) is 5.75 Å². The fourth-order valence-electron chi connectivity index (χ4n) is 2.45. The highest BCUT2D eigenvalue weighted by Gasteiger charge is 2.32. The number of nitrogens with zero attached hydrogens (tertiary/aromatic N) is 1. The van der Waals surface area contributed by atoms with Crippen molar-refractivity contribution >= 4 is 11.4 Å². The maximum Gasteiger partial charge on any atom is 0.333 e. The Kier molecular flexibility index (Phi) is 5.01. The minimum absolute atomic E-state index is 0.00561. The van der Waals surface area contributed by atoms with Crippen molar-refractivity contribution < 1.29 is 14.4 Å². The second kappa shape index (κ2) is 6.76. The van der Waals surface area contributed by atoms with Gasteiger partial charge < -0.3 is 14.8 Å². The van der Waals surface area contributed by atoms with Crippen molar-refractivity contribution in [3.63, 3.8) is 0 Å². The highest BCUT2D eigenvalue weighted by Crippen LogP contribution is 2.37. The van der Waals surface area contributed by atoms with Gasteiger partial charge in [-0.25, -0.2) is 0 Å². The lowest BCUT2D eigenvalue weighted by Gasteiger charge is -2.35. The number of hydrogen-bond acceptors (Lipinski definition) is 5. The molecule has 116 valence electrons. The van der Waals surface area contributed by atoms with Crippen LogP contribution in [0.2, 0.25) is 0 Å². The van der Waals surface area contributed by atoms with E-state index in [0.29, 0.717) is 18.0 Å². The maximum atomic E-state index is 11.3. The van der Waals surface area contributed by atoms with Crippen molar-refractivity contribution in [1.29, 1.82) is 0 Å². The van der Waals surface area contributed by atoms with Gasteiger partial charge in [-0.05, 0) is 45.7 Å². The summed E-state index contributed by atoms with van der Waals surface area (Å²) in [5.41, 5.74) is 0.518. The lowest BCUT2D eigenvalue weighted by Crippen LogP contribution is -2.40. The molecule has 6 heteroatoms. The van der Waals surface area contributed by atoms with Gasteiger partial charge in [0.2, 0.25) is 0 Å². The number of benzene rings is 1. The van der Waals surface area contributed by atoms with E-state index >= 15 is 0 Å². The molecule has 0 unspecified atom stereocenters. The first-order valence-electron chi connectivity index (χ1n) is 7.33. The van der Waals surface area contributed by atoms with E-state index in [2.05, 4.69) is 5.32 Å². The number of nitrogens with one attached hydrogen (secondary N) is 1. The molecule has 1 saturated carbocycles. The molecule has 6 nitrogen and oxygen atoms in total. The van der Waals surface area contributed by atoms with Crippen molar-refractivity contribution in [2.75, 3.05) is 11.9 Å². The van der Waals surface area contributed by atoms with E-state index in [9.17, 15) is 10.1 Å². The van der Waals surface area contributed by atoms with Gasteiger partial charge in [0, 0.05) is 12.6 Å². The molecule has 0 saturated heterocycles. The Bertz CT molecular complexity index is 498. The zero-order valence-electron chi connectivity index (χ0n) is 12.7. The van der Waals surface area contributed by atoms with Crippen LogP contribution in [0.5, 0.6) is 5.75 Å². The summed E-state index contributed by atoms with van der Waals surface area (Å²) in [6, 6.07) is 5.34. The highest BCUT2D eigenvalue weighted by molar-refractivity contribution is 5.69. The molecule has 0 spiro atoms. The molecule has 0 aromatic heterocycles. The van der Waals surface area contributed by atoms with Crippen molar-refractivity contribution in [3.05, 3.63) is 28.3 Å². The lowest BCUT2D eigenvalue weighted by atomic mass is 9.89. The molecule has 0 atom stereocenters. The first-order valence-corrected chi connectivity index (χ1v) is 7.33. The van der Waals surface area contributed by atoms with Crippen LogP contribution in [-0.2, 0) is 4.74 Å². The summed E-state index contributed by atoms with van der Waals surface area (Å²) in [7, 11) is 0. The van der Waals surface area contributed by atoms with Crippen molar-refractivity contribution in [3.8, 4) is 5.75 Å². The Morgan fingerprint density at radius 1 is 1.43 bits per heavy atom. The van der Waals surface area contributed by atoms with E-state index in [0.717, 1.165) is 12.8 Å². The number of anilines is 1. The Morgan fingerprint density at radius 3 is 2.71 bits per heavy atom. The standard InChI is InChI=1S/C15H22N2O4/c1-4-20-12-8-11(9-12)16-13-6-5-7-14(21-10(2)3)15(13)17(18)19/h5-7,10-12,16H,4,8-9H2,1-3H3. The van der Waals surface area contributed by atoms with Gasteiger partial charge in [-0.15, -0.1) is 0 Å². The largest absolute Gasteiger partial charge is 0.484 e. The Balaban J connectivity index is 2.10. The predicted molar refractivity (Wildman–Crippen MR) is 80.9 cm³/mol. The summed E-state index contributed by atoms with van der Waals surface area (Å²) < 4.78 is 11.0. The minimum Gasteiger partial charge on any atom is -0.484 e. The topological polar surface area (TPSA) is 73.6 Å². The monoisotopic (exact) mass is 294 g/mol. The molecule has 1 N–H and O–H groups in total. The first-order chi connectivity index (χ1) is 10.0. The lowest BCUT2D eigenvalue weighted by molar-refractivity contribution is -0.385. The number of para-hydroxylation sites is 1. The van der Waals surface area contributed by atoms with Crippen molar-refractivity contribution in [2.24, 2.45) is 0 Å². The summed E-state index contributed by atoms with van der Waals surface area (Å²) in [4.78, 5) is 10.9. The van der Waals surface area contributed by atoms with Crippen LogP contribution < -0.4 is 10.1 Å². The third-order valence-electron chi connectivity index (χ3n) is 3.40. The number of hydrogen-bond donors (Lipinski definition) is 1. The van der Waals surface area contributed by atoms with Crippen LogP contribution >= 0.6 is 0 Å². The third-order valence-corrected chi connectivity index (χ3v) is 3.40. The number of rotatable bonds is 7. The molecule has 0 heterocycles. The van der Waals surface area contributed by atoms with Crippen LogP contribution in [0.25, 0.3) is 0 Å². The van der Waals surface area contributed by atoms with Gasteiger partial charge in [-0.1, -0.05) is 6.07 Å². The molecule has 0 radical (unpaired) electrons. The van der Waals surface area contributed by atoms with Gasteiger partial charge in [-0.2, -0.15) is 0 Å². The molecule has 1 fully saturated rings. The zero-order valence-corrected chi connectivity index (χ0v) is 12.7. The van der Waals surface area contributed by atoms with Gasteiger partial charge in [0.25, 0.3) is 0 Å². The van der Waals surface area contributed by atoms with E-state index in [1.807, 2.05) is 20.8 Å². The van der Waals surface area contributed by atoms with E-state index in [-0.39, 0.29) is 23.9 Å². The van der Waals surface area contributed by atoms with Gasteiger partial charge in [-0.3, -0.25) is 10.1 Å². The number of ether oxygens (including phenoxy) is 2. The SMILES string of the molecule is CCOC1CC(Nc2cccc(OC(C)C)c2[N+](=O)[O-])C1. The van der Waals surface area contributed by atoms with Crippen LogP contribution in [0.4, 0.5) is 11.4 Å². The molecule has 2 rings (SSSR count). The minimum atomic E-state index is -0.390. The van der Waals surface area contributed by atoms with Crippen LogP contribution in [-0.4, -0.2) is 29.8 Å². The molecule has 0 amide bonds. The predicted octanol–water partition coefficient (Wildman–Crippen LogP) is 3.36. The van der Waals surface area contributed by atoms with Crippen LogP contribution in [0.1, 0.15) is 33.6 Å². The molecule has 1 aromatic rings. The van der Waals surface area contributed by atoms with Gasteiger partial charge in [0.05, 0.1) is 17.1 Å². The smallest absolute Gasteiger partial charge is 0.333 e. The first kappa shape index (κ1) is 15.6. The van der Waals surface area contributed by atoms with Gasteiger partial charge >= 0.3 is 5.69 Å². The van der Waals surface area contributed by atoms with Gasteiger partial charge in [0.1, 0.15) is 5.69 Å².